The first-order chi connectivity index (χ1) is 9.33. The second-order valence-electron chi connectivity index (χ2n) is 4.96. The summed E-state index contributed by atoms with van der Waals surface area (Å²) in [6, 6.07) is -0.338. The molecule has 1 amide bonds. The van der Waals surface area contributed by atoms with Crippen LogP contribution in [0.1, 0.15) is 20.8 Å². The quantitative estimate of drug-likeness (QED) is 0.690. The van der Waals surface area contributed by atoms with Crippen LogP contribution in [-0.4, -0.2) is 54.1 Å². The Morgan fingerprint density at radius 2 is 1.70 bits per heavy atom. The van der Waals surface area contributed by atoms with Gasteiger partial charge in [0, 0.05) is 27.2 Å². The third-order valence-electron chi connectivity index (χ3n) is 2.42. The minimum atomic E-state index is -0.431. The summed E-state index contributed by atoms with van der Waals surface area (Å²) in [5.74, 6) is 1.23. The van der Waals surface area contributed by atoms with Crippen LogP contribution in [0.15, 0.2) is 0 Å². The maximum atomic E-state index is 11.9. The zero-order valence-electron chi connectivity index (χ0n) is 12.9. The summed E-state index contributed by atoms with van der Waals surface area (Å²) in [5, 5.41) is 8.67. The van der Waals surface area contributed by atoms with Crippen molar-refractivity contribution in [3.8, 4) is 0 Å². The Bertz CT molecular complexity index is 461. The number of carbonyl (C=O) groups excluding carboxylic acids is 1. The molecule has 1 rings (SSSR count). The van der Waals surface area contributed by atoms with Crippen LogP contribution in [0.5, 0.6) is 0 Å². The van der Waals surface area contributed by atoms with Gasteiger partial charge in [-0.3, -0.25) is 4.79 Å². The number of aromatic nitrogens is 3. The molecule has 112 valence electrons. The summed E-state index contributed by atoms with van der Waals surface area (Å²) in [7, 11) is 5.41. The number of anilines is 3. The minimum Gasteiger partial charge on any atom is -0.357 e. The summed E-state index contributed by atoms with van der Waals surface area (Å²) in [4.78, 5) is 26.3. The lowest BCUT2D eigenvalue weighted by Gasteiger charge is -2.17. The zero-order chi connectivity index (χ0) is 15.3. The van der Waals surface area contributed by atoms with Crippen molar-refractivity contribution in [2.45, 2.75) is 32.9 Å². The van der Waals surface area contributed by atoms with E-state index in [1.807, 2.05) is 27.9 Å². The van der Waals surface area contributed by atoms with Crippen LogP contribution in [-0.2, 0) is 4.79 Å². The monoisotopic (exact) mass is 281 g/mol. The zero-order valence-corrected chi connectivity index (χ0v) is 12.9. The van der Waals surface area contributed by atoms with Crippen molar-refractivity contribution in [1.82, 2.24) is 20.3 Å². The van der Waals surface area contributed by atoms with E-state index in [1.165, 1.54) is 0 Å². The highest BCUT2D eigenvalue weighted by molar-refractivity contribution is 5.83. The Balaban J connectivity index is 2.85. The van der Waals surface area contributed by atoms with Gasteiger partial charge in [0.05, 0.1) is 0 Å². The Labute approximate surface area is 119 Å². The lowest BCUT2D eigenvalue weighted by Crippen LogP contribution is -2.41. The summed E-state index contributed by atoms with van der Waals surface area (Å²) in [5.41, 5.74) is 0. The Hall–Kier alpha value is -2.12. The number of carbonyl (C=O) groups is 1. The van der Waals surface area contributed by atoms with Crippen LogP contribution in [0.2, 0.25) is 0 Å². The van der Waals surface area contributed by atoms with Gasteiger partial charge in [0.25, 0.3) is 0 Å². The molecule has 1 aromatic heterocycles. The second-order valence-corrected chi connectivity index (χ2v) is 4.96. The maximum absolute atomic E-state index is 11.9. The second kappa shape index (κ2) is 6.88. The van der Waals surface area contributed by atoms with Crippen molar-refractivity contribution in [2.75, 3.05) is 36.7 Å². The topological polar surface area (TPSA) is 95.1 Å². The van der Waals surface area contributed by atoms with E-state index in [-0.39, 0.29) is 11.9 Å². The highest BCUT2D eigenvalue weighted by Crippen LogP contribution is 2.11. The summed E-state index contributed by atoms with van der Waals surface area (Å²) in [6.45, 7) is 5.59. The standard InChI is InChI=1S/C12H23N7O/c1-7(2)14-9(20)8(3)15-11-16-10(13-4)17-12(18-11)19(5)6/h7-8H,1-6H3,(H,14,20)(H2,13,15,16,17,18). The maximum Gasteiger partial charge on any atom is 0.242 e. The first kappa shape index (κ1) is 15.9. The number of hydrogen-bond donors (Lipinski definition) is 3. The Morgan fingerprint density at radius 3 is 2.20 bits per heavy atom. The van der Waals surface area contributed by atoms with Crippen molar-refractivity contribution in [3.05, 3.63) is 0 Å². The molecule has 8 heteroatoms. The smallest absolute Gasteiger partial charge is 0.242 e. The predicted octanol–water partition coefficient (Wildman–Crippen LogP) is 0.304. The van der Waals surface area contributed by atoms with Crippen LogP contribution < -0.4 is 20.9 Å². The molecule has 0 bridgehead atoms. The summed E-state index contributed by atoms with van der Waals surface area (Å²) < 4.78 is 0. The molecule has 0 aliphatic carbocycles. The number of nitrogens with one attached hydrogen (secondary N) is 3. The molecule has 0 fully saturated rings. The summed E-state index contributed by atoms with van der Waals surface area (Å²) in [6.07, 6.45) is 0. The number of amides is 1. The van der Waals surface area contributed by atoms with Gasteiger partial charge in [-0.1, -0.05) is 0 Å². The third kappa shape index (κ3) is 4.52. The molecule has 0 spiro atoms. The highest BCUT2D eigenvalue weighted by atomic mass is 16.2. The third-order valence-corrected chi connectivity index (χ3v) is 2.42. The molecule has 0 radical (unpaired) electrons. The van der Waals surface area contributed by atoms with Crippen LogP contribution in [0, 0.1) is 0 Å². The van der Waals surface area contributed by atoms with Gasteiger partial charge in [-0.2, -0.15) is 15.0 Å². The van der Waals surface area contributed by atoms with Gasteiger partial charge in [0.1, 0.15) is 6.04 Å². The van der Waals surface area contributed by atoms with Gasteiger partial charge in [0.15, 0.2) is 0 Å². The largest absolute Gasteiger partial charge is 0.357 e. The molecule has 0 aliphatic rings. The molecule has 20 heavy (non-hydrogen) atoms. The molecule has 0 saturated heterocycles. The average Bonchev–Trinajstić information content (AvgIpc) is 2.37. The molecule has 0 saturated carbocycles. The van der Waals surface area contributed by atoms with E-state index in [9.17, 15) is 4.79 Å². The Kier molecular flexibility index (Phi) is 5.48. The normalized spacial score (nSPS) is 11.9. The first-order valence-electron chi connectivity index (χ1n) is 6.51. The fourth-order valence-corrected chi connectivity index (χ4v) is 1.41. The van der Waals surface area contributed by atoms with E-state index in [1.54, 1.807) is 18.9 Å². The van der Waals surface area contributed by atoms with Gasteiger partial charge in [-0.05, 0) is 20.8 Å². The molecule has 1 unspecified atom stereocenters. The van der Waals surface area contributed by atoms with Gasteiger partial charge >= 0.3 is 0 Å². The fraction of sp³-hybridized carbons (Fsp3) is 0.667. The van der Waals surface area contributed by atoms with Gasteiger partial charge in [-0.25, -0.2) is 0 Å². The molecule has 1 aromatic rings. The van der Waals surface area contributed by atoms with Crippen molar-refractivity contribution >= 4 is 23.8 Å². The molecular weight excluding hydrogens is 258 g/mol. The van der Waals surface area contributed by atoms with Crippen molar-refractivity contribution in [2.24, 2.45) is 0 Å². The SMILES string of the molecule is CNc1nc(NC(C)C(=O)NC(C)C)nc(N(C)C)n1. The number of rotatable bonds is 6. The van der Waals surface area contributed by atoms with E-state index >= 15 is 0 Å². The van der Waals surface area contributed by atoms with E-state index in [0.717, 1.165) is 0 Å². The van der Waals surface area contributed by atoms with Gasteiger partial charge < -0.3 is 20.9 Å². The van der Waals surface area contributed by atoms with Crippen molar-refractivity contribution < 1.29 is 4.79 Å². The van der Waals surface area contributed by atoms with E-state index in [2.05, 4.69) is 30.9 Å². The van der Waals surface area contributed by atoms with Gasteiger partial charge in [-0.15, -0.1) is 0 Å². The van der Waals surface area contributed by atoms with Crippen LogP contribution >= 0.6 is 0 Å². The Morgan fingerprint density at radius 1 is 1.10 bits per heavy atom. The van der Waals surface area contributed by atoms with Crippen molar-refractivity contribution in [3.63, 3.8) is 0 Å². The molecule has 1 atom stereocenters. The fourth-order valence-electron chi connectivity index (χ4n) is 1.41. The lowest BCUT2D eigenvalue weighted by atomic mass is 10.3. The van der Waals surface area contributed by atoms with E-state index in [4.69, 9.17) is 0 Å². The van der Waals surface area contributed by atoms with Crippen LogP contribution in [0.3, 0.4) is 0 Å². The van der Waals surface area contributed by atoms with E-state index < -0.39 is 6.04 Å². The minimum absolute atomic E-state index is 0.0929. The van der Waals surface area contributed by atoms with Crippen LogP contribution in [0.4, 0.5) is 17.8 Å². The van der Waals surface area contributed by atoms with Crippen molar-refractivity contribution in [1.29, 1.82) is 0 Å². The van der Waals surface area contributed by atoms with Gasteiger partial charge in [0.2, 0.25) is 23.8 Å². The molecule has 8 nitrogen and oxygen atoms in total. The molecular formula is C12H23N7O. The number of hydrogen-bond acceptors (Lipinski definition) is 7. The molecule has 1 heterocycles. The molecule has 3 N–H and O–H groups in total. The first-order valence-corrected chi connectivity index (χ1v) is 6.51. The summed E-state index contributed by atoms with van der Waals surface area (Å²) >= 11 is 0. The average molecular weight is 281 g/mol. The predicted molar refractivity (Wildman–Crippen MR) is 80.1 cm³/mol. The lowest BCUT2D eigenvalue weighted by molar-refractivity contribution is -0.122. The molecule has 0 aliphatic heterocycles. The molecule has 0 aromatic carbocycles. The number of nitrogens with zero attached hydrogens (tertiary/aromatic N) is 4. The van der Waals surface area contributed by atoms with E-state index in [0.29, 0.717) is 17.8 Å². The van der Waals surface area contributed by atoms with Crippen LogP contribution in [0.25, 0.3) is 0 Å². The highest BCUT2D eigenvalue weighted by Gasteiger charge is 2.16.